The van der Waals surface area contributed by atoms with Gasteiger partial charge in [-0.05, 0) is 43.5 Å². The lowest BCUT2D eigenvalue weighted by atomic mass is 10.0. The van der Waals surface area contributed by atoms with Gasteiger partial charge in [-0.2, -0.15) is 0 Å². The van der Waals surface area contributed by atoms with E-state index in [2.05, 4.69) is 54.7 Å². The van der Waals surface area contributed by atoms with Crippen molar-refractivity contribution in [3.05, 3.63) is 65.1 Å². The molecule has 0 saturated heterocycles. The Bertz CT molecular complexity index is 856. The fourth-order valence-electron chi connectivity index (χ4n) is 3.38. The molecule has 1 aromatic heterocycles. The summed E-state index contributed by atoms with van der Waals surface area (Å²) in [6, 6.07) is 14.8. The van der Waals surface area contributed by atoms with Crippen molar-refractivity contribution in [3.8, 4) is 5.75 Å². The molecule has 1 aliphatic rings. The Balaban J connectivity index is 0.00000169. The van der Waals surface area contributed by atoms with Gasteiger partial charge in [-0.15, -0.1) is 12.4 Å². The van der Waals surface area contributed by atoms with E-state index in [0.29, 0.717) is 0 Å². The fourth-order valence-corrected chi connectivity index (χ4v) is 3.38. The van der Waals surface area contributed by atoms with Gasteiger partial charge in [-0.25, -0.2) is 0 Å². The molecule has 0 bridgehead atoms. The zero-order valence-corrected chi connectivity index (χ0v) is 14.8. The van der Waals surface area contributed by atoms with Crippen LogP contribution in [-0.2, 0) is 6.54 Å². The summed E-state index contributed by atoms with van der Waals surface area (Å²) in [5.74, 6) is 2.89. The minimum absolute atomic E-state index is 0. The van der Waals surface area contributed by atoms with Crippen molar-refractivity contribution >= 4 is 23.2 Å². The molecule has 3 aromatic rings. The fraction of sp³-hybridized carbons (Fsp3) is 0.300. The third kappa shape index (κ3) is 3.02. The first kappa shape index (κ1) is 16.9. The van der Waals surface area contributed by atoms with Crippen LogP contribution in [0.3, 0.4) is 0 Å². The summed E-state index contributed by atoms with van der Waals surface area (Å²) < 4.78 is 12.3. The molecule has 2 heterocycles. The summed E-state index contributed by atoms with van der Waals surface area (Å²) in [5.41, 5.74) is 2.45. The highest BCUT2D eigenvalue weighted by atomic mass is 35.5. The Morgan fingerprint density at radius 2 is 1.88 bits per heavy atom. The number of hydrogen-bond donors (Lipinski definition) is 1. The van der Waals surface area contributed by atoms with Crippen LogP contribution in [0.1, 0.15) is 35.2 Å². The van der Waals surface area contributed by atoms with Gasteiger partial charge < -0.3 is 14.5 Å². The molecule has 4 rings (SSSR count). The van der Waals surface area contributed by atoms with Gasteiger partial charge >= 0.3 is 0 Å². The normalized spacial score (nSPS) is 17.0. The largest absolute Gasteiger partial charge is 0.485 e. The van der Waals surface area contributed by atoms with Gasteiger partial charge in [0.1, 0.15) is 23.4 Å². The van der Waals surface area contributed by atoms with E-state index in [1.54, 1.807) is 0 Å². The predicted molar refractivity (Wildman–Crippen MR) is 99.1 cm³/mol. The monoisotopic (exact) mass is 343 g/mol. The minimum Gasteiger partial charge on any atom is -0.485 e. The quantitative estimate of drug-likeness (QED) is 0.704. The number of fused-ring (bicyclic) bond motifs is 2. The Kier molecular flexibility index (Phi) is 4.83. The first-order valence-corrected chi connectivity index (χ1v) is 8.17. The van der Waals surface area contributed by atoms with Crippen molar-refractivity contribution in [3.63, 3.8) is 0 Å². The molecule has 3 nitrogen and oxygen atoms in total. The van der Waals surface area contributed by atoms with Crippen LogP contribution in [0.25, 0.3) is 10.8 Å². The van der Waals surface area contributed by atoms with Crippen molar-refractivity contribution in [1.82, 2.24) is 5.32 Å². The number of aryl methyl sites for hydroxylation is 2. The summed E-state index contributed by atoms with van der Waals surface area (Å²) in [5, 5.41) is 5.83. The molecule has 126 valence electrons. The van der Waals surface area contributed by atoms with Crippen molar-refractivity contribution in [2.75, 3.05) is 6.54 Å². The van der Waals surface area contributed by atoms with E-state index >= 15 is 0 Å². The molecule has 1 aliphatic heterocycles. The summed E-state index contributed by atoms with van der Waals surface area (Å²) in [6.07, 6.45) is 0.970. The van der Waals surface area contributed by atoms with Gasteiger partial charge in [0.15, 0.2) is 0 Å². The zero-order chi connectivity index (χ0) is 15.8. The highest BCUT2D eigenvalue weighted by molar-refractivity contribution is 5.90. The standard InChI is InChI=1S/C20H21NO2.ClH/c1-13-7-8-18(16-6-4-3-5-15(13)16)23-19-9-10-21-12-20-17(19)11-14(2)22-20;/h3-8,11,19,21H,9-10,12H2,1-2H3;1H. The van der Waals surface area contributed by atoms with E-state index < -0.39 is 0 Å². The highest BCUT2D eigenvalue weighted by Gasteiger charge is 2.24. The van der Waals surface area contributed by atoms with Crippen LogP contribution >= 0.6 is 12.4 Å². The van der Waals surface area contributed by atoms with Gasteiger partial charge in [0.2, 0.25) is 0 Å². The topological polar surface area (TPSA) is 34.4 Å². The molecule has 0 aliphatic carbocycles. The van der Waals surface area contributed by atoms with Crippen LogP contribution in [0, 0.1) is 13.8 Å². The number of benzene rings is 2. The van der Waals surface area contributed by atoms with Crippen molar-refractivity contribution in [1.29, 1.82) is 0 Å². The van der Waals surface area contributed by atoms with Crippen LogP contribution in [-0.4, -0.2) is 6.54 Å². The summed E-state index contributed by atoms with van der Waals surface area (Å²) >= 11 is 0. The molecular formula is C20H22ClNO2. The zero-order valence-electron chi connectivity index (χ0n) is 14.0. The maximum absolute atomic E-state index is 6.44. The molecular weight excluding hydrogens is 322 g/mol. The predicted octanol–water partition coefficient (Wildman–Crippen LogP) is 5.08. The van der Waals surface area contributed by atoms with E-state index in [9.17, 15) is 0 Å². The second-order valence-corrected chi connectivity index (χ2v) is 6.23. The van der Waals surface area contributed by atoms with E-state index in [1.807, 2.05) is 6.92 Å². The number of rotatable bonds is 2. The number of nitrogens with one attached hydrogen (secondary N) is 1. The average molecular weight is 344 g/mol. The van der Waals surface area contributed by atoms with Crippen molar-refractivity contribution in [2.45, 2.75) is 32.9 Å². The van der Waals surface area contributed by atoms with Crippen LogP contribution in [0.4, 0.5) is 0 Å². The molecule has 1 N–H and O–H groups in total. The van der Waals surface area contributed by atoms with Crippen LogP contribution < -0.4 is 10.1 Å². The maximum atomic E-state index is 6.44. The molecule has 24 heavy (non-hydrogen) atoms. The minimum atomic E-state index is 0. The van der Waals surface area contributed by atoms with E-state index in [-0.39, 0.29) is 18.5 Å². The third-order valence-electron chi connectivity index (χ3n) is 4.55. The Morgan fingerprint density at radius 3 is 2.71 bits per heavy atom. The number of furan rings is 1. The van der Waals surface area contributed by atoms with Crippen molar-refractivity contribution < 1.29 is 9.15 Å². The SMILES string of the molecule is Cc1cc2c(o1)CNCCC2Oc1ccc(C)c2ccccc12.Cl. The molecule has 2 aromatic carbocycles. The number of hydrogen-bond acceptors (Lipinski definition) is 3. The molecule has 0 fully saturated rings. The summed E-state index contributed by atoms with van der Waals surface area (Å²) in [4.78, 5) is 0. The van der Waals surface area contributed by atoms with E-state index in [0.717, 1.165) is 36.8 Å². The maximum Gasteiger partial charge on any atom is 0.128 e. The van der Waals surface area contributed by atoms with E-state index in [4.69, 9.17) is 9.15 Å². The Labute approximate surface area is 148 Å². The number of halogens is 1. The molecule has 1 unspecified atom stereocenters. The summed E-state index contributed by atoms with van der Waals surface area (Å²) in [6.45, 7) is 5.83. The van der Waals surface area contributed by atoms with Crippen LogP contribution in [0.2, 0.25) is 0 Å². The molecule has 0 spiro atoms. The summed E-state index contributed by atoms with van der Waals surface area (Å²) in [7, 11) is 0. The Hall–Kier alpha value is -1.97. The Morgan fingerprint density at radius 1 is 1.08 bits per heavy atom. The van der Waals surface area contributed by atoms with Gasteiger partial charge in [-0.1, -0.05) is 30.3 Å². The van der Waals surface area contributed by atoms with Gasteiger partial charge in [0.25, 0.3) is 0 Å². The first-order chi connectivity index (χ1) is 11.2. The number of ether oxygens (including phenoxy) is 1. The first-order valence-electron chi connectivity index (χ1n) is 8.17. The highest BCUT2D eigenvalue weighted by Crippen LogP contribution is 2.35. The molecule has 4 heteroatoms. The van der Waals surface area contributed by atoms with Gasteiger partial charge in [-0.3, -0.25) is 0 Å². The van der Waals surface area contributed by atoms with E-state index in [1.165, 1.54) is 21.9 Å². The average Bonchev–Trinajstić information content (AvgIpc) is 2.84. The third-order valence-corrected chi connectivity index (χ3v) is 4.55. The second kappa shape index (κ2) is 6.88. The molecule has 0 radical (unpaired) electrons. The molecule has 0 amide bonds. The van der Waals surface area contributed by atoms with Gasteiger partial charge in [0.05, 0.1) is 6.54 Å². The lowest BCUT2D eigenvalue weighted by Crippen LogP contribution is -2.14. The van der Waals surface area contributed by atoms with Crippen LogP contribution in [0.15, 0.2) is 46.9 Å². The lowest BCUT2D eigenvalue weighted by Gasteiger charge is -2.19. The van der Waals surface area contributed by atoms with Gasteiger partial charge in [0, 0.05) is 17.4 Å². The van der Waals surface area contributed by atoms with Crippen molar-refractivity contribution in [2.24, 2.45) is 0 Å². The van der Waals surface area contributed by atoms with Crippen LogP contribution in [0.5, 0.6) is 5.75 Å². The second-order valence-electron chi connectivity index (χ2n) is 6.23. The lowest BCUT2D eigenvalue weighted by molar-refractivity contribution is 0.199. The smallest absolute Gasteiger partial charge is 0.128 e. The molecule has 1 atom stereocenters. The molecule has 0 saturated carbocycles.